The predicted molar refractivity (Wildman–Crippen MR) is 123 cm³/mol. The number of para-hydroxylation sites is 1. The van der Waals surface area contributed by atoms with E-state index in [2.05, 4.69) is 6.58 Å². The fourth-order valence-corrected chi connectivity index (χ4v) is 6.19. The quantitative estimate of drug-likeness (QED) is 0.303. The van der Waals surface area contributed by atoms with Gasteiger partial charge in [0.25, 0.3) is 5.69 Å². The monoisotopic (exact) mass is 470 g/mol. The van der Waals surface area contributed by atoms with Gasteiger partial charge < -0.3 is 19.5 Å². The van der Waals surface area contributed by atoms with E-state index in [9.17, 15) is 24.8 Å². The number of ether oxygens (including phenoxy) is 2. The molecule has 1 heterocycles. The van der Waals surface area contributed by atoms with Gasteiger partial charge in [0.1, 0.15) is 0 Å². The Labute approximate surface area is 198 Å². The van der Waals surface area contributed by atoms with Crippen LogP contribution in [-0.4, -0.2) is 59.4 Å². The molecule has 1 aromatic rings. The fraction of sp³-hybridized carbons (Fsp3) is 0.520. The van der Waals surface area contributed by atoms with Gasteiger partial charge >= 0.3 is 12.1 Å². The molecule has 1 saturated heterocycles. The summed E-state index contributed by atoms with van der Waals surface area (Å²) in [5.41, 5.74) is -0.560. The first-order chi connectivity index (χ1) is 16.0. The maximum atomic E-state index is 12.8. The summed E-state index contributed by atoms with van der Waals surface area (Å²) >= 11 is 0. The summed E-state index contributed by atoms with van der Waals surface area (Å²) in [4.78, 5) is 38.2. The van der Waals surface area contributed by atoms with Crippen molar-refractivity contribution in [2.75, 3.05) is 20.3 Å². The van der Waals surface area contributed by atoms with E-state index in [-0.39, 0.29) is 36.6 Å². The van der Waals surface area contributed by atoms with Crippen molar-refractivity contribution < 1.29 is 29.1 Å². The number of amides is 1. The maximum absolute atomic E-state index is 12.8. The van der Waals surface area contributed by atoms with Crippen LogP contribution in [0.15, 0.2) is 43.0 Å². The Kier molecular flexibility index (Phi) is 5.80. The van der Waals surface area contributed by atoms with Gasteiger partial charge in [-0.1, -0.05) is 24.3 Å². The summed E-state index contributed by atoms with van der Waals surface area (Å²) in [6.45, 7) is 9.56. The lowest BCUT2D eigenvalue weighted by atomic mass is 9.63. The van der Waals surface area contributed by atoms with Crippen molar-refractivity contribution in [2.24, 2.45) is 28.6 Å². The Hall–Kier alpha value is -3.20. The van der Waals surface area contributed by atoms with Gasteiger partial charge in [0.05, 0.1) is 35.7 Å². The molecule has 1 aliphatic heterocycles. The Balaban J connectivity index is 1.83. The van der Waals surface area contributed by atoms with E-state index in [1.54, 1.807) is 56.0 Å². The first kappa shape index (κ1) is 23.9. The van der Waals surface area contributed by atoms with Crippen LogP contribution in [-0.2, 0) is 14.3 Å². The highest BCUT2D eigenvalue weighted by atomic mass is 16.6. The molecule has 2 fully saturated rings. The number of hydrogen-bond acceptors (Lipinski definition) is 7. The summed E-state index contributed by atoms with van der Waals surface area (Å²) in [7, 11) is 1.29. The average Bonchev–Trinajstić information content (AvgIpc) is 3.24. The third-order valence-corrected chi connectivity index (χ3v) is 7.52. The van der Waals surface area contributed by atoms with Gasteiger partial charge in [-0.3, -0.25) is 14.9 Å². The van der Waals surface area contributed by atoms with Crippen molar-refractivity contribution in [3.8, 4) is 0 Å². The number of aliphatic hydroxyl groups excluding tert-OH is 1. The predicted octanol–water partition coefficient (Wildman–Crippen LogP) is 3.43. The van der Waals surface area contributed by atoms with E-state index >= 15 is 0 Å². The molecule has 1 aromatic carbocycles. The zero-order chi connectivity index (χ0) is 25.0. The molecule has 4 rings (SSSR count). The van der Waals surface area contributed by atoms with E-state index in [0.29, 0.717) is 11.1 Å². The summed E-state index contributed by atoms with van der Waals surface area (Å²) in [6.07, 6.45) is 1.89. The molecule has 1 amide bonds. The number of carbonyl (C=O) groups is 2. The first-order valence-electron chi connectivity index (χ1n) is 11.3. The summed E-state index contributed by atoms with van der Waals surface area (Å²) in [5.74, 6) is -1.55. The van der Waals surface area contributed by atoms with Crippen LogP contribution in [0.5, 0.6) is 0 Å². The highest BCUT2D eigenvalue weighted by Crippen LogP contribution is 2.67. The Bertz CT molecular complexity index is 1080. The van der Waals surface area contributed by atoms with Crippen LogP contribution in [0.3, 0.4) is 0 Å². The zero-order valence-electron chi connectivity index (χ0n) is 19.8. The minimum absolute atomic E-state index is 0.0000832. The highest BCUT2D eigenvalue weighted by molar-refractivity contribution is 5.80. The number of nitro groups is 1. The van der Waals surface area contributed by atoms with Crippen LogP contribution in [0.2, 0.25) is 0 Å². The molecule has 0 aromatic heterocycles. The number of likely N-dealkylation sites (tertiary alicyclic amines) is 1. The number of carbonyl (C=O) groups excluding carboxylic acids is 2. The Morgan fingerprint density at radius 3 is 2.62 bits per heavy atom. The van der Waals surface area contributed by atoms with Gasteiger partial charge in [-0.15, -0.1) is 6.58 Å². The molecule has 2 aliphatic carbocycles. The number of piperidine rings is 1. The summed E-state index contributed by atoms with van der Waals surface area (Å²) in [6, 6.07) is 5.88. The van der Waals surface area contributed by atoms with Gasteiger partial charge in [0.15, 0.2) is 0 Å². The molecule has 4 bridgehead atoms. The molecule has 0 radical (unpaired) electrons. The van der Waals surface area contributed by atoms with E-state index in [1.165, 1.54) is 13.2 Å². The zero-order valence-corrected chi connectivity index (χ0v) is 19.8. The third-order valence-electron chi connectivity index (χ3n) is 7.52. The topological polar surface area (TPSA) is 119 Å². The molecule has 9 heteroatoms. The van der Waals surface area contributed by atoms with Crippen molar-refractivity contribution in [3.63, 3.8) is 0 Å². The second-order valence-electron chi connectivity index (χ2n) is 10.3. The van der Waals surface area contributed by atoms with Gasteiger partial charge in [0, 0.05) is 41.8 Å². The maximum Gasteiger partial charge on any atom is 0.409 e. The summed E-state index contributed by atoms with van der Waals surface area (Å²) < 4.78 is 10.7. The Morgan fingerprint density at radius 1 is 1.35 bits per heavy atom. The molecule has 34 heavy (non-hydrogen) atoms. The van der Waals surface area contributed by atoms with Crippen LogP contribution in [0.1, 0.15) is 26.3 Å². The molecule has 6 atom stereocenters. The standard InChI is InChI=1S/C25H30N2O7/c1-6-25-13-26(23(30)33-5)21-16(12-34-22(29)24(2,3)4)19(25)18(28)11-15(20(21)25)14-9-7-8-10-17(14)27(31)32/h6-11,16,18-21,28H,1,12-13H2,2-5H3/t16?,18-,19+,20+,21-,25+/m1/s1. The number of hydrogen-bond donors (Lipinski definition) is 1. The fourth-order valence-electron chi connectivity index (χ4n) is 6.19. The number of nitro benzene ring substituents is 1. The number of benzene rings is 1. The normalized spacial score (nSPS) is 31.6. The van der Waals surface area contributed by atoms with E-state index in [4.69, 9.17) is 9.47 Å². The second-order valence-corrected chi connectivity index (χ2v) is 10.3. The number of aliphatic hydroxyl groups is 1. The number of nitrogens with zero attached hydrogens (tertiary/aromatic N) is 2. The van der Waals surface area contributed by atoms with Gasteiger partial charge in [-0.25, -0.2) is 4.79 Å². The lowest BCUT2D eigenvalue weighted by molar-refractivity contribution is -0.385. The van der Waals surface area contributed by atoms with Crippen molar-refractivity contribution >= 4 is 23.3 Å². The molecule has 9 nitrogen and oxygen atoms in total. The SMILES string of the molecule is C=C[C@]12CN(C(=O)OC)[C@@H]3C(COC(=O)C(C)(C)C)[C@H]1[C@H](O)C=C(c1ccccc1[N+](=O)[O-])[C@@H]32. The Morgan fingerprint density at radius 2 is 2.03 bits per heavy atom. The highest BCUT2D eigenvalue weighted by Gasteiger charge is 2.71. The largest absolute Gasteiger partial charge is 0.465 e. The molecular weight excluding hydrogens is 440 g/mol. The van der Waals surface area contributed by atoms with Crippen LogP contribution in [0, 0.1) is 38.7 Å². The van der Waals surface area contributed by atoms with Crippen LogP contribution in [0.4, 0.5) is 10.5 Å². The van der Waals surface area contributed by atoms with Crippen molar-refractivity contribution in [1.82, 2.24) is 4.90 Å². The number of rotatable bonds is 5. The first-order valence-corrected chi connectivity index (χ1v) is 11.3. The molecule has 1 N–H and O–H groups in total. The van der Waals surface area contributed by atoms with Gasteiger partial charge in [-0.05, 0) is 32.4 Å². The smallest absolute Gasteiger partial charge is 0.409 e. The molecule has 3 aliphatic rings. The number of methoxy groups -OCH3 is 1. The van der Waals surface area contributed by atoms with Gasteiger partial charge in [-0.2, -0.15) is 0 Å². The second kappa shape index (κ2) is 8.23. The van der Waals surface area contributed by atoms with Crippen LogP contribution < -0.4 is 0 Å². The van der Waals surface area contributed by atoms with Crippen molar-refractivity contribution in [3.05, 3.63) is 58.7 Å². The lowest BCUT2D eigenvalue weighted by Gasteiger charge is -2.45. The minimum atomic E-state index is -0.966. The van der Waals surface area contributed by atoms with Crippen molar-refractivity contribution in [1.29, 1.82) is 0 Å². The van der Waals surface area contributed by atoms with E-state index in [0.717, 1.165) is 0 Å². The molecule has 1 saturated carbocycles. The van der Waals surface area contributed by atoms with E-state index < -0.39 is 39.9 Å². The molecular formula is C25H30N2O7. The van der Waals surface area contributed by atoms with Crippen LogP contribution >= 0.6 is 0 Å². The minimum Gasteiger partial charge on any atom is -0.465 e. The van der Waals surface area contributed by atoms with E-state index in [1.807, 2.05) is 0 Å². The lowest BCUT2D eigenvalue weighted by Crippen LogP contribution is -2.53. The molecule has 1 unspecified atom stereocenters. The third kappa shape index (κ3) is 3.41. The number of esters is 1. The summed E-state index contributed by atoms with van der Waals surface area (Å²) in [5, 5.41) is 23.1. The molecule has 182 valence electrons. The van der Waals surface area contributed by atoms with Crippen molar-refractivity contribution in [2.45, 2.75) is 32.9 Å². The molecule has 0 spiro atoms. The van der Waals surface area contributed by atoms with Crippen LogP contribution in [0.25, 0.3) is 5.57 Å². The average molecular weight is 471 g/mol. The van der Waals surface area contributed by atoms with Gasteiger partial charge in [0.2, 0.25) is 0 Å².